The second kappa shape index (κ2) is 5.68. The molecule has 0 heterocycles. The average Bonchev–Trinajstić information content (AvgIpc) is 2.79. The first-order valence-electron chi connectivity index (χ1n) is 9.78. The number of allylic oxidation sites excluding steroid dienone is 3. The predicted octanol–water partition coefficient (Wildman–Crippen LogP) is 3.10. The minimum atomic E-state index is -0.290. The van der Waals surface area contributed by atoms with Gasteiger partial charge >= 0.3 is 5.97 Å². The molecule has 0 aromatic carbocycles. The number of carbonyl (C=O) groups is 1. The molecule has 0 radical (unpaired) electrons. The molecule has 4 aliphatic rings. The molecule has 0 saturated heterocycles. The number of esters is 1. The van der Waals surface area contributed by atoms with Crippen molar-refractivity contribution in [2.24, 2.45) is 28.4 Å². The van der Waals surface area contributed by atoms with Gasteiger partial charge in [-0.1, -0.05) is 37.1 Å². The van der Waals surface area contributed by atoms with Crippen LogP contribution in [0.25, 0.3) is 0 Å². The molecule has 0 aromatic heterocycles. The normalized spacial score (nSPS) is 48.6. The van der Waals surface area contributed by atoms with E-state index in [4.69, 9.17) is 10.5 Å². The van der Waals surface area contributed by atoms with Crippen LogP contribution in [0.5, 0.6) is 0 Å². The van der Waals surface area contributed by atoms with Gasteiger partial charge in [-0.05, 0) is 55.8 Å². The molecule has 1 saturated carbocycles. The quantitative estimate of drug-likeness (QED) is 0.566. The van der Waals surface area contributed by atoms with Gasteiger partial charge in [0, 0.05) is 18.4 Å². The van der Waals surface area contributed by atoms with Gasteiger partial charge in [0.05, 0.1) is 6.10 Å². The van der Waals surface area contributed by atoms with Crippen LogP contribution in [-0.4, -0.2) is 29.3 Å². The Morgan fingerprint density at radius 2 is 2.08 bits per heavy atom. The van der Waals surface area contributed by atoms with Gasteiger partial charge in [0.25, 0.3) is 0 Å². The molecule has 25 heavy (non-hydrogen) atoms. The summed E-state index contributed by atoms with van der Waals surface area (Å²) in [5.74, 6) is 0.736. The highest BCUT2D eigenvalue weighted by Crippen LogP contribution is 2.62. The van der Waals surface area contributed by atoms with Gasteiger partial charge in [-0.2, -0.15) is 0 Å². The Labute approximate surface area is 150 Å². The third kappa shape index (κ3) is 2.44. The van der Waals surface area contributed by atoms with Crippen LogP contribution in [0.2, 0.25) is 0 Å². The summed E-state index contributed by atoms with van der Waals surface area (Å²) < 4.78 is 5.57. The average molecular weight is 345 g/mol. The van der Waals surface area contributed by atoms with Gasteiger partial charge in [-0.15, -0.1) is 0 Å². The van der Waals surface area contributed by atoms with E-state index in [9.17, 15) is 9.90 Å². The van der Waals surface area contributed by atoms with E-state index in [-0.39, 0.29) is 35.0 Å². The first-order valence-corrected chi connectivity index (χ1v) is 9.78. The summed E-state index contributed by atoms with van der Waals surface area (Å²) in [5, 5.41) is 10.0. The molecular weight excluding hydrogens is 314 g/mol. The molecule has 4 rings (SSSR count). The van der Waals surface area contributed by atoms with Crippen molar-refractivity contribution in [3.8, 4) is 0 Å². The fraction of sp³-hybridized carbons (Fsp3) is 0.762. The van der Waals surface area contributed by atoms with Crippen molar-refractivity contribution in [1.82, 2.24) is 0 Å². The maximum atomic E-state index is 11.5. The number of hydrogen-bond donors (Lipinski definition) is 2. The topological polar surface area (TPSA) is 72.5 Å². The lowest BCUT2D eigenvalue weighted by Gasteiger charge is -2.52. The predicted molar refractivity (Wildman–Crippen MR) is 96.6 cm³/mol. The minimum absolute atomic E-state index is 0.0278. The van der Waals surface area contributed by atoms with Crippen LogP contribution in [0.3, 0.4) is 0 Å². The Balaban J connectivity index is 1.71. The number of ether oxygens (including phenoxy) is 1. The number of fused-ring (bicyclic) bond motifs is 4. The van der Waals surface area contributed by atoms with Crippen molar-refractivity contribution in [2.45, 2.75) is 77.5 Å². The van der Waals surface area contributed by atoms with Gasteiger partial charge in [-0.3, -0.25) is 4.79 Å². The number of nitrogens with two attached hydrogens (primary N) is 1. The van der Waals surface area contributed by atoms with Crippen LogP contribution in [0.15, 0.2) is 23.3 Å². The second-order valence-electron chi connectivity index (χ2n) is 9.15. The summed E-state index contributed by atoms with van der Waals surface area (Å²) in [6, 6.07) is -0.0790. The van der Waals surface area contributed by atoms with Crippen LogP contribution < -0.4 is 5.73 Å². The van der Waals surface area contributed by atoms with Gasteiger partial charge in [0.1, 0.15) is 6.10 Å². The maximum Gasteiger partial charge on any atom is 0.302 e. The number of carbonyl (C=O) groups excluding carboxylic acids is 1. The van der Waals surface area contributed by atoms with E-state index in [0.29, 0.717) is 11.8 Å². The Bertz CT molecular complexity index is 654. The molecule has 7 atom stereocenters. The van der Waals surface area contributed by atoms with Gasteiger partial charge in [0.2, 0.25) is 0 Å². The van der Waals surface area contributed by atoms with E-state index in [1.807, 2.05) is 6.08 Å². The van der Waals surface area contributed by atoms with Crippen molar-refractivity contribution in [3.63, 3.8) is 0 Å². The van der Waals surface area contributed by atoms with Crippen LogP contribution in [0, 0.1) is 22.7 Å². The van der Waals surface area contributed by atoms with E-state index in [1.54, 1.807) is 11.1 Å². The number of hydrogen-bond acceptors (Lipinski definition) is 4. The van der Waals surface area contributed by atoms with Crippen molar-refractivity contribution in [3.05, 3.63) is 23.3 Å². The lowest BCUT2D eigenvalue weighted by atomic mass is 9.53. The van der Waals surface area contributed by atoms with Gasteiger partial charge < -0.3 is 15.6 Å². The third-order valence-corrected chi connectivity index (χ3v) is 7.92. The summed E-state index contributed by atoms with van der Waals surface area (Å²) in [4.78, 5) is 11.5. The smallest absolute Gasteiger partial charge is 0.302 e. The van der Waals surface area contributed by atoms with E-state index in [2.05, 4.69) is 19.9 Å². The zero-order valence-electron chi connectivity index (χ0n) is 15.6. The first kappa shape index (κ1) is 17.3. The van der Waals surface area contributed by atoms with Gasteiger partial charge in [0.15, 0.2) is 0 Å². The highest BCUT2D eigenvalue weighted by molar-refractivity contribution is 5.66. The zero-order valence-corrected chi connectivity index (χ0v) is 15.6. The molecule has 0 bridgehead atoms. The molecule has 4 nitrogen and oxygen atoms in total. The standard InChI is InChI=1S/C21H31NO3/c1-12(23)25-18-11-17-15-5-4-13-10-14(24)6-8-20(13,2)16(15)7-9-21(17,3)19(18)22/h6,8,13-14,17-19,24H,4-5,7,9-11,22H2,1-3H3/t13?,14-,17-,18+,19-,20-,21-/m0/s1. The van der Waals surface area contributed by atoms with Crippen LogP contribution >= 0.6 is 0 Å². The first-order chi connectivity index (χ1) is 11.8. The molecule has 3 N–H and O–H groups in total. The number of aliphatic hydroxyl groups is 1. The Morgan fingerprint density at radius 1 is 1.32 bits per heavy atom. The summed E-state index contributed by atoms with van der Waals surface area (Å²) in [6.07, 6.45) is 9.93. The molecule has 4 heteroatoms. The number of rotatable bonds is 1. The molecule has 0 aromatic rings. The van der Waals surface area contributed by atoms with E-state index in [0.717, 1.165) is 38.5 Å². The fourth-order valence-corrected chi connectivity index (χ4v) is 6.38. The van der Waals surface area contributed by atoms with E-state index >= 15 is 0 Å². The van der Waals surface area contributed by atoms with Crippen molar-refractivity contribution >= 4 is 5.97 Å². The summed E-state index contributed by atoms with van der Waals surface area (Å²) in [5.41, 5.74) is 9.85. The molecule has 1 unspecified atom stereocenters. The Hall–Kier alpha value is -1.13. The molecule has 0 amide bonds. The van der Waals surface area contributed by atoms with E-state index < -0.39 is 0 Å². The van der Waals surface area contributed by atoms with Crippen LogP contribution in [0.4, 0.5) is 0 Å². The van der Waals surface area contributed by atoms with Crippen molar-refractivity contribution in [2.75, 3.05) is 0 Å². The lowest BCUT2D eigenvalue weighted by molar-refractivity contribution is -0.147. The van der Waals surface area contributed by atoms with Crippen molar-refractivity contribution < 1.29 is 14.6 Å². The maximum absolute atomic E-state index is 11.5. The summed E-state index contributed by atoms with van der Waals surface area (Å²) >= 11 is 0. The Morgan fingerprint density at radius 3 is 2.80 bits per heavy atom. The molecule has 0 aliphatic heterocycles. The van der Waals surface area contributed by atoms with E-state index in [1.165, 1.54) is 6.92 Å². The van der Waals surface area contributed by atoms with Crippen LogP contribution in [-0.2, 0) is 9.53 Å². The zero-order chi connectivity index (χ0) is 18.0. The monoisotopic (exact) mass is 345 g/mol. The molecule has 138 valence electrons. The number of aliphatic hydroxyl groups excluding tert-OH is 1. The minimum Gasteiger partial charge on any atom is -0.461 e. The second-order valence-corrected chi connectivity index (χ2v) is 9.15. The largest absolute Gasteiger partial charge is 0.461 e. The Kier molecular flexibility index (Phi) is 3.93. The summed E-state index contributed by atoms with van der Waals surface area (Å²) in [6.45, 7) is 6.13. The van der Waals surface area contributed by atoms with Crippen molar-refractivity contribution in [1.29, 1.82) is 0 Å². The highest BCUT2D eigenvalue weighted by Gasteiger charge is 2.57. The molecule has 4 aliphatic carbocycles. The highest BCUT2D eigenvalue weighted by atomic mass is 16.5. The third-order valence-electron chi connectivity index (χ3n) is 7.92. The molecule has 1 fully saturated rings. The van der Waals surface area contributed by atoms with Crippen LogP contribution in [0.1, 0.15) is 59.3 Å². The summed E-state index contributed by atoms with van der Waals surface area (Å²) in [7, 11) is 0. The van der Waals surface area contributed by atoms with Gasteiger partial charge in [-0.25, -0.2) is 0 Å². The fourth-order valence-electron chi connectivity index (χ4n) is 6.38. The lowest BCUT2D eigenvalue weighted by Crippen LogP contribution is -2.48. The SMILES string of the molecule is CC(=O)O[C@@H]1C[C@H]2C3=C(CC[C@]2(C)[C@H]1N)[C@@]1(C)C=C[C@H](O)CC1CC3. The molecular formula is C21H31NO3. The molecule has 0 spiro atoms.